The van der Waals surface area contributed by atoms with Crippen molar-refractivity contribution in [2.24, 2.45) is 12.9 Å². The summed E-state index contributed by atoms with van der Waals surface area (Å²) >= 11 is 1.32. The van der Waals surface area contributed by atoms with Crippen molar-refractivity contribution in [2.45, 2.75) is 10.9 Å². The van der Waals surface area contributed by atoms with Crippen molar-refractivity contribution in [1.82, 2.24) is 20.2 Å². The van der Waals surface area contributed by atoms with Crippen molar-refractivity contribution >= 4 is 17.7 Å². The number of nitrogens with two attached hydrogens (primary N) is 1. The molecular weight excluding hydrogens is 258 g/mol. The first kappa shape index (κ1) is 12.5. The number of aromatic amines is 1. The summed E-state index contributed by atoms with van der Waals surface area (Å²) in [7, 11) is 1.61. The van der Waals surface area contributed by atoms with Gasteiger partial charge in [0.25, 0.3) is 5.91 Å². The van der Waals surface area contributed by atoms with E-state index in [1.54, 1.807) is 13.1 Å². The Labute approximate surface area is 106 Å². The molecular formula is C9H11N5O3S. The van der Waals surface area contributed by atoms with Crippen LogP contribution in [0, 0.1) is 0 Å². The molecule has 2 heterocycles. The van der Waals surface area contributed by atoms with Crippen LogP contribution >= 0.6 is 11.8 Å². The molecule has 4 N–H and O–H groups in total. The van der Waals surface area contributed by atoms with Crippen molar-refractivity contribution < 1.29 is 9.21 Å². The van der Waals surface area contributed by atoms with Crippen LogP contribution in [0.5, 0.6) is 0 Å². The molecule has 8 nitrogen and oxygen atoms in total. The average Bonchev–Trinajstić information content (AvgIpc) is 2.96. The smallest absolute Gasteiger partial charge is 0.343 e. The van der Waals surface area contributed by atoms with Gasteiger partial charge in [-0.1, -0.05) is 11.8 Å². The molecule has 0 aliphatic rings. The highest BCUT2D eigenvalue weighted by Crippen LogP contribution is 2.20. The van der Waals surface area contributed by atoms with Crippen LogP contribution in [0.2, 0.25) is 0 Å². The number of hydrogen-bond acceptors (Lipinski definition) is 6. The summed E-state index contributed by atoms with van der Waals surface area (Å²) < 4.78 is 6.58. The van der Waals surface area contributed by atoms with E-state index in [4.69, 9.17) is 10.3 Å². The van der Waals surface area contributed by atoms with E-state index in [2.05, 4.69) is 10.2 Å². The largest absolute Gasteiger partial charge is 0.468 e. The lowest BCUT2D eigenvalue weighted by atomic mass is 10.3. The standard InChI is InChI=1S/C9H11N5O3S/c1-14-8(16)12-13-9(14)18-4-6-2-5(3-17-6)7(15)11-10/h2-3H,4,10H2,1H3,(H,11,15)(H,12,16). The van der Waals surface area contributed by atoms with E-state index in [-0.39, 0.29) is 5.69 Å². The van der Waals surface area contributed by atoms with Crippen molar-refractivity contribution in [1.29, 1.82) is 0 Å². The van der Waals surface area contributed by atoms with Gasteiger partial charge in [-0.25, -0.2) is 15.7 Å². The van der Waals surface area contributed by atoms with Gasteiger partial charge in [0, 0.05) is 7.05 Å². The summed E-state index contributed by atoms with van der Waals surface area (Å²) in [5.41, 5.74) is 2.09. The fourth-order valence-corrected chi connectivity index (χ4v) is 2.07. The minimum atomic E-state index is -0.415. The summed E-state index contributed by atoms with van der Waals surface area (Å²) in [6.45, 7) is 0. The molecule has 2 aromatic rings. The molecule has 0 unspecified atom stereocenters. The number of furan rings is 1. The van der Waals surface area contributed by atoms with Gasteiger partial charge in [0.2, 0.25) is 0 Å². The lowest BCUT2D eigenvalue weighted by Crippen LogP contribution is -2.29. The molecule has 96 valence electrons. The van der Waals surface area contributed by atoms with Gasteiger partial charge in [0.15, 0.2) is 5.16 Å². The first-order chi connectivity index (χ1) is 8.61. The first-order valence-corrected chi connectivity index (χ1v) is 5.93. The number of aromatic nitrogens is 3. The van der Waals surface area contributed by atoms with Crippen molar-refractivity contribution in [2.75, 3.05) is 0 Å². The Kier molecular flexibility index (Phi) is 3.53. The van der Waals surface area contributed by atoms with E-state index in [1.807, 2.05) is 5.43 Å². The van der Waals surface area contributed by atoms with E-state index in [9.17, 15) is 9.59 Å². The van der Waals surface area contributed by atoms with Gasteiger partial charge < -0.3 is 4.42 Å². The van der Waals surface area contributed by atoms with Crippen molar-refractivity contribution in [3.63, 3.8) is 0 Å². The molecule has 0 bridgehead atoms. The highest BCUT2D eigenvalue weighted by Gasteiger charge is 2.10. The normalized spacial score (nSPS) is 10.6. The number of amides is 1. The second-order valence-electron chi connectivity index (χ2n) is 3.43. The van der Waals surface area contributed by atoms with Crippen molar-refractivity contribution in [3.05, 3.63) is 34.1 Å². The van der Waals surface area contributed by atoms with Crippen LogP contribution in [0.1, 0.15) is 16.1 Å². The van der Waals surface area contributed by atoms with Gasteiger partial charge >= 0.3 is 5.69 Å². The van der Waals surface area contributed by atoms with Crippen LogP contribution in [-0.2, 0) is 12.8 Å². The quantitative estimate of drug-likeness (QED) is 0.301. The first-order valence-electron chi connectivity index (χ1n) is 4.94. The molecule has 0 saturated carbocycles. The predicted molar refractivity (Wildman–Crippen MR) is 63.8 cm³/mol. The van der Waals surface area contributed by atoms with Crippen LogP contribution in [0.3, 0.4) is 0 Å². The summed E-state index contributed by atoms with van der Waals surface area (Å²) in [4.78, 5) is 22.3. The number of rotatable bonds is 4. The molecule has 0 aromatic carbocycles. The molecule has 0 radical (unpaired) electrons. The molecule has 0 saturated heterocycles. The minimum Gasteiger partial charge on any atom is -0.468 e. The molecule has 0 aliphatic heterocycles. The number of nitrogens with zero attached hydrogens (tertiary/aromatic N) is 2. The SMILES string of the molecule is Cn1c(SCc2cc(C(=O)NN)co2)n[nH]c1=O. The number of carbonyl (C=O) groups is 1. The summed E-state index contributed by atoms with van der Waals surface area (Å²) in [6, 6.07) is 1.58. The lowest BCUT2D eigenvalue weighted by molar-refractivity contribution is 0.0953. The average molecular weight is 269 g/mol. The topological polar surface area (TPSA) is 119 Å². The van der Waals surface area contributed by atoms with Gasteiger partial charge in [-0.15, -0.1) is 5.10 Å². The monoisotopic (exact) mass is 269 g/mol. The van der Waals surface area contributed by atoms with E-state index < -0.39 is 5.91 Å². The third-order valence-corrected chi connectivity index (χ3v) is 3.28. The Morgan fingerprint density at radius 2 is 2.50 bits per heavy atom. The number of hydrazine groups is 1. The Bertz CT molecular complexity index is 614. The van der Waals surface area contributed by atoms with Gasteiger partial charge in [-0.2, -0.15) is 0 Å². The maximum Gasteiger partial charge on any atom is 0.343 e. The molecule has 2 rings (SSSR count). The third-order valence-electron chi connectivity index (χ3n) is 2.23. The van der Waals surface area contributed by atoms with Crippen molar-refractivity contribution in [3.8, 4) is 0 Å². The molecule has 0 spiro atoms. The Hall–Kier alpha value is -2.00. The molecule has 0 aliphatic carbocycles. The predicted octanol–water partition coefficient (Wildman–Crippen LogP) is -0.403. The van der Waals surface area contributed by atoms with E-state index in [0.717, 1.165) is 0 Å². The number of carbonyl (C=O) groups excluding carboxylic acids is 1. The summed E-state index contributed by atoms with van der Waals surface area (Å²) in [6.07, 6.45) is 1.32. The molecule has 0 fully saturated rings. The number of thioether (sulfide) groups is 1. The third kappa shape index (κ3) is 2.46. The van der Waals surface area contributed by atoms with Crippen LogP contribution < -0.4 is 17.0 Å². The van der Waals surface area contributed by atoms with Crippen LogP contribution in [0.25, 0.3) is 0 Å². The highest BCUT2D eigenvalue weighted by atomic mass is 32.2. The zero-order valence-corrected chi connectivity index (χ0v) is 10.3. The van der Waals surface area contributed by atoms with Gasteiger partial charge in [0.05, 0.1) is 11.3 Å². The Morgan fingerprint density at radius 3 is 3.11 bits per heavy atom. The van der Waals surface area contributed by atoms with Gasteiger partial charge in [-0.3, -0.25) is 14.8 Å². The second kappa shape index (κ2) is 5.10. The number of nitrogens with one attached hydrogen (secondary N) is 2. The van der Waals surface area contributed by atoms with Gasteiger partial charge in [0.1, 0.15) is 12.0 Å². The fourth-order valence-electron chi connectivity index (χ4n) is 1.26. The second-order valence-corrected chi connectivity index (χ2v) is 4.38. The van der Waals surface area contributed by atoms with Crippen LogP contribution in [-0.4, -0.2) is 20.7 Å². The molecule has 9 heteroatoms. The maximum atomic E-state index is 11.2. The number of nitrogen functional groups attached to an aromatic ring is 1. The summed E-state index contributed by atoms with van der Waals surface area (Å²) in [5.74, 6) is 5.63. The summed E-state index contributed by atoms with van der Waals surface area (Å²) in [5, 5.41) is 6.71. The molecule has 2 aromatic heterocycles. The van der Waals surface area contributed by atoms with E-state index in [1.165, 1.54) is 22.6 Å². The van der Waals surface area contributed by atoms with E-state index >= 15 is 0 Å². The van der Waals surface area contributed by atoms with Gasteiger partial charge in [-0.05, 0) is 6.07 Å². The lowest BCUT2D eigenvalue weighted by Gasteiger charge is -1.96. The Balaban J connectivity index is 2.02. The minimum absolute atomic E-state index is 0.278. The zero-order valence-electron chi connectivity index (χ0n) is 9.47. The fraction of sp³-hybridized carbons (Fsp3) is 0.222. The number of hydrogen-bond donors (Lipinski definition) is 3. The van der Waals surface area contributed by atoms with Crippen LogP contribution in [0.4, 0.5) is 0 Å². The maximum absolute atomic E-state index is 11.2. The highest BCUT2D eigenvalue weighted by molar-refractivity contribution is 7.98. The Morgan fingerprint density at radius 1 is 1.72 bits per heavy atom. The molecule has 0 atom stereocenters. The number of H-pyrrole nitrogens is 1. The van der Waals surface area contributed by atoms with E-state index in [0.29, 0.717) is 22.2 Å². The molecule has 18 heavy (non-hydrogen) atoms. The van der Waals surface area contributed by atoms with Crippen LogP contribution in [0.15, 0.2) is 26.7 Å². The zero-order chi connectivity index (χ0) is 13.1. The molecule has 1 amide bonds.